The Morgan fingerprint density at radius 3 is 2.41 bits per heavy atom. The molecule has 3 aromatic rings. The third kappa shape index (κ3) is 3.37. The minimum Gasteiger partial charge on any atom is -0.312 e. The second-order valence-electron chi connectivity index (χ2n) is 7.36. The SMILES string of the molecule is CC(C)c1ccc(S(=O)(=O)N2CCC(n3cnc4cccnc43)CC2)cc1. The van der Waals surface area contributed by atoms with Crippen molar-refractivity contribution in [3.05, 3.63) is 54.5 Å². The predicted molar refractivity (Wildman–Crippen MR) is 105 cm³/mol. The van der Waals surface area contributed by atoms with Gasteiger partial charge in [0, 0.05) is 25.3 Å². The van der Waals surface area contributed by atoms with Crippen molar-refractivity contribution >= 4 is 21.2 Å². The van der Waals surface area contributed by atoms with Gasteiger partial charge in [0.05, 0.1) is 11.2 Å². The number of fused-ring (bicyclic) bond motifs is 1. The quantitative estimate of drug-likeness (QED) is 0.689. The van der Waals surface area contributed by atoms with Crippen LogP contribution >= 0.6 is 0 Å². The van der Waals surface area contributed by atoms with E-state index in [4.69, 9.17) is 0 Å². The molecule has 1 aliphatic rings. The van der Waals surface area contributed by atoms with E-state index in [1.165, 1.54) is 0 Å². The van der Waals surface area contributed by atoms with E-state index in [9.17, 15) is 8.42 Å². The minimum atomic E-state index is -3.45. The maximum Gasteiger partial charge on any atom is 0.243 e. The summed E-state index contributed by atoms with van der Waals surface area (Å²) in [5.74, 6) is 0.385. The Labute approximate surface area is 159 Å². The van der Waals surface area contributed by atoms with Crippen molar-refractivity contribution < 1.29 is 8.42 Å². The van der Waals surface area contributed by atoms with Gasteiger partial charge in [0.25, 0.3) is 0 Å². The number of piperidine rings is 1. The Hall–Kier alpha value is -2.25. The zero-order valence-corrected chi connectivity index (χ0v) is 16.4. The van der Waals surface area contributed by atoms with Crippen LogP contribution in [0.5, 0.6) is 0 Å². The van der Waals surface area contributed by atoms with Gasteiger partial charge >= 0.3 is 0 Å². The van der Waals surface area contributed by atoms with Crippen LogP contribution in [-0.4, -0.2) is 40.3 Å². The zero-order chi connectivity index (χ0) is 19.0. The summed E-state index contributed by atoms with van der Waals surface area (Å²) in [5.41, 5.74) is 2.88. The maximum absolute atomic E-state index is 13.0. The van der Waals surface area contributed by atoms with Crippen molar-refractivity contribution in [3.8, 4) is 0 Å². The predicted octanol–water partition coefficient (Wildman–Crippen LogP) is 3.58. The van der Waals surface area contributed by atoms with Gasteiger partial charge in [0.2, 0.25) is 10.0 Å². The Bertz CT molecular complexity index is 1030. The smallest absolute Gasteiger partial charge is 0.243 e. The van der Waals surface area contributed by atoms with Crippen molar-refractivity contribution in [3.63, 3.8) is 0 Å². The third-order valence-corrected chi connectivity index (χ3v) is 7.25. The Kier molecular flexibility index (Phi) is 4.74. The first-order chi connectivity index (χ1) is 13.0. The van der Waals surface area contributed by atoms with Crippen molar-refractivity contribution in [2.24, 2.45) is 0 Å². The number of rotatable bonds is 4. The lowest BCUT2D eigenvalue weighted by Crippen LogP contribution is -2.39. The highest BCUT2D eigenvalue weighted by Gasteiger charge is 2.30. The summed E-state index contributed by atoms with van der Waals surface area (Å²) < 4.78 is 29.6. The van der Waals surface area contributed by atoms with Gasteiger partial charge < -0.3 is 4.57 Å². The third-order valence-electron chi connectivity index (χ3n) is 5.33. The van der Waals surface area contributed by atoms with Gasteiger partial charge in [-0.2, -0.15) is 4.31 Å². The molecule has 1 aliphatic heterocycles. The van der Waals surface area contributed by atoms with Crippen molar-refractivity contribution in [1.82, 2.24) is 18.8 Å². The van der Waals surface area contributed by atoms with E-state index in [0.717, 1.165) is 29.6 Å². The molecule has 1 fully saturated rings. The summed E-state index contributed by atoms with van der Waals surface area (Å²) in [7, 11) is -3.45. The van der Waals surface area contributed by atoms with E-state index in [-0.39, 0.29) is 6.04 Å². The molecule has 4 rings (SSSR count). The number of pyridine rings is 1. The fourth-order valence-corrected chi connectivity index (χ4v) is 5.14. The van der Waals surface area contributed by atoms with Crippen LogP contribution in [0.15, 0.2) is 53.8 Å². The normalized spacial score (nSPS) is 17.0. The molecule has 1 aromatic carbocycles. The molecule has 0 atom stereocenters. The van der Waals surface area contributed by atoms with Crippen LogP contribution in [0.4, 0.5) is 0 Å². The lowest BCUT2D eigenvalue weighted by molar-refractivity contribution is 0.276. The summed E-state index contributed by atoms with van der Waals surface area (Å²) in [6.07, 6.45) is 5.09. The van der Waals surface area contributed by atoms with Gasteiger partial charge in [0.1, 0.15) is 5.52 Å². The van der Waals surface area contributed by atoms with Gasteiger partial charge in [-0.15, -0.1) is 0 Å². The lowest BCUT2D eigenvalue weighted by atomic mass is 10.0. The molecule has 0 radical (unpaired) electrons. The lowest BCUT2D eigenvalue weighted by Gasteiger charge is -2.32. The van der Waals surface area contributed by atoms with E-state index < -0.39 is 10.0 Å². The van der Waals surface area contributed by atoms with E-state index in [1.54, 1.807) is 22.6 Å². The highest BCUT2D eigenvalue weighted by atomic mass is 32.2. The first kappa shape index (κ1) is 18.1. The summed E-state index contributed by atoms with van der Waals surface area (Å²) >= 11 is 0. The molecule has 0 N–H and O–H groups in total. The molecular formula is C20H24N4O2S. The fraction of sp³-hybridized carbons (Fsp3) is 0.400. The molecule has 3 heterocycles. The molecule has 0 unspecified atom stereocenters. The first-order valence-corrected chi connectivity index (χ1v) is 10.8. The molecular weight excluding hydrogens is 360 g/mol. The highest BCUT2D eigenvalue weighted by molar-refractivity contribution is 7.89. The molecule has 27 heavy (non-hydrogen) atoms. The molecule has 0 amide bonds. The standard InChI is InChI=1S/C20H24N4O2S/c1-15(2)16-5-7-18(8-6-16)27(25,26)23-12-9-17(10-13-23)24-14-22-19-4-3-11-21-20(19)24/h3-8,11,14-15,17H,9-10,12-13H2,1-2H3. The topological polar surface area (TPSA) is 68.1 Å². The van der Waals surface area contributed by atoms with Crippen molar-refractivity contribution in [2.45, 2.75) is 43.5 Å². The molecule has 6 nitrogen and oxygen atoms in total. The molecule has 0 aliphatic carbocycles. The Balaban J connectivity index is 1.49. The molecule has 7 heteroatoms. The first-order valence-electron chi connectivity index (χ1n) is 9.34. The second-order valence-corrected chi connectivity index (χ2v) is 9.29. The number of nitrogens with zero attached hydrogens (tertiary/aromatic N) is 4. The van der Waals surface area contributed by atoms with Crippen LogP contribution in [0.3, 0.4) is 0 Å². The average molecular weight is 385 g/mol. The molecule has 0 bridgehead atoms. The monoisotopic (exact) mass is 384 g/mol. The summed E-state index contributed by atoms with van der Waals surface area (Å²) in [4.78, 5) is 9.20. The van der Waals surface area contributed by atoms with Crippen LogP contribution in [-0.2, 0) is 10.0 Å². The number of aromatic nitrogens is 3. The second kappa shape index (κ2) is 7.05. The Morgan fingerprint density at radius 1 is 1.04 bits per heavy atom. The number of hydrogen-bond acceptors (Lipinski definition) is 4. The molecule has 0 saturated carbocycles. The zero-order valence-electron chi connectivity index (χ0n) is 15.6. The van der Waals surface area contributed by atoms with E-state index in [1.807, 2.05) is 30.6 Å². The van der Waals surface area contributed by atoms with Gasteiger partial charge in [-0.1, -0.05) is 26.0 Å². The van der Waals surface area contributed by atoms with Crippen molar-refractivity contribution in [1.29, 1.82) is 0 Å². The highest BCUT2D eigenvalue weighted by Crippen LogP contribution is 2.29. The minimum absolute atomic E-state index is 0.222. The number of hydrogen-bond donors (Lipinski definition) is 0. The fourth-order valence-electron chi connectivity index (χ4n) is 3.67. The average Bonchev–Trinajstić information content (AvgIpc) is 3.12. The van der Waals surface area contributed by atoms with E-state index in [0.29, 0.717) is 23.9 Å². The van der Waals surface area contributed by atoms with Crippen LogP contribution < -0.4 is 0 Å². The summed E-state index contributed by atoms with van der Waals surface area (Å²) in [5, 5.41) is 0. The van der Waals surface area contributed by atoms with Gasteiger partial charge in [-0.25, -0.2) is 18.4 Å². The molecule has 1 saturated heterocycles. The van der Waals surface area contributed by atoms with Gasteiger partial charge in [-0.3, -0.25) is 0 Å². The van der Waals surface area contributed by atoms with Gasteiger partial charge in [-0.05, 0) is 48.6 Å². The van der Waals surface area contributed by atoms with Gasteiger partial charge in [0.15, 0.2) is 5.65 Å². The summed E-state index contributed by atoms with van der Waals surface area (Å²) in [6, 6.07) is 11.3. The van der Waals surface area contributed by atoms with Crippen LogP contribution in [0.1, 0.15) is 44.2 Å². The number of imidazole rings is 1. The van der Waals surface area contributed by atoms with E-state index >= 15 is 0 Å². The van der Waals surface area contributed by atoms with Crippen molar-refractivity contribution in [2.75, 3.05) is 13.1 Å². The molecule has 142 valence electrons. The number of benzene rings is 1. The number of sulfonamides is 1. The summed E-state index contributed by atoms with van der Waals surface area (Å²) in [6.45, 7) is 5.21. The van der Waals surface area contributed by atoms with Crippen LogP contribution in [0, 0.1) is 0 Å². The van der Waals surface area contributed by atoms with Crippen LogP contribution in [0.25, 0.3) is 11.2 Å². The maximum atomic E-state index is 13.0. The largest absolute Gasteiger partial charge is 0.312 e. The Morgan fingerprint density at radius 2 is 1.74 bits per heavy atom. The molecule has 2 aromatic heterocycles. The van der Waals surface area contributed by atoms with E-state index in [2.05, 4.69) is 28.4 Å². The molecule has 0 spiro atoms. The van der Waals surface area contributed by atoms with Crippen LogP contribution in [0.2, 0.25) is 0 Å².